The molecule has 2 aliphatic heterocycles. The first-order valence-electron chi connectivity index (χ1n) is 18.9. The normalized spacial score (nSPS) is 54.5. The Kier molecular flexibility index (Phi) is 8.39. The number of carbonyl (C=O) groups excluding carboxylic acids is 1. The van der Waals surface area contributed by atoms with Crippen LogP contribution in [-0.4, -0.2) is 98.8 Å². The summed E-state index contributed by atoms with van der Waals surface area (Å²) >= 11 is 0. The van der Waals surface area contributed by atoms with Gasteiger partial charge in [-0.1, -0.05) is 41.5 Å². The third-order valence-electron chi connectivity index (χ3n) is 16.1. The third kappa shape index (κ3) is 4.61. The molecule has 10 nitrogen and oxygen atoms in total. The number of carbonyl (C=O) groups is 1. The van der Waals surface area contributed by atoms with Crippen LogP contribution in [-0.2, 0) is 23.7 Å². The molecule has 0 aromatic heterocycles. The molecule has 5 saturated carbocycles. The highest BCUT2D eigenvalue weighted by Crippen LogP contribution is 2.89. The van der Waals surface area contributed by atoms with Crippen molar-refractivity contribution in [2.75, 3.05) is 6.61 Å². The zero-order chi connectivity index (χ0) is 35.0. The van der Waals surface area contributed by atoms with Crippen molar-refractivity contribution in [3.63, 3.8) is 0 Å². The topological polar surface area (TPSA) is 155 Å². The van der Waals surface area contributed by atoms with Gasteiger partial charge < -0.3 is 44.5 Å². The quantitative estimate of drug-likeness (QED) is 0.207. The summed E-state index contributed by atoms with van der Waals surface area (Å²) in [5.74, 6) is 0.804. The molecule has 0 aromatic rings. The zero-order valence-electron chi connectivity index (χ0n) is 30.4. The number of rotatable bonds is 6. The van der Waals surface area contributed by atoms with E-state index < -0.39 is 54.6 Å². The van der Waals surface area contributed by atoms with Crippen LogP contribution in [0.1, 0.15) is 113 Å². The van der Waals surface area contributed by atoms with Gasteiger partial charge in [-0.2, -0.15) is 0 Å². The van der Waals surface area contributed by atoms with E-state index in [9.17, 15) is 30.3 Å². The van der Waals surface area contributed by atoms with Gasteiger partial charge in [-0.25, -0.2) is 0 Å². The largest absolute Gasteiger partial charge is 0.457 e. The predicted molar refractivity (Wildman–Crippen MR) is 175 cm³/mol. The molecule has 2 spiro atoms. The molecule has 7 aliphatic rings. The van der Waals surface area contributed by atoms with E-state index in [4.69, 9.17) is 18.9 Å². The van der Waals surface area contributed by atoms with Gasteiger partial charge in [0.2, 0.25) is 0 Å². The van der Waals surface area contributed by atoms with Gasteiger partial charge in [0.15, 0.2) is 12.4 Å². The summed E-state index contributed by atoms with van der Waals surface area (Å²) < 4.78 is 24.8. The smallest absolute Gasteiger partial charge is 0.305 e. The maximum atomic E-state index is 12.6. The minimum Gasteiger partial charge on any atom is -0.457 e. The summed E-state index contributed by atoms with van der Waals surface area (Å²) in [5.41, 5.74) is -1.61. The van der Waals surface area contributed by atoms with Crippen molar-refractivity contribution in [2.45, 2.75) is 174 Å². The number of hydrogen-bond donors (Lipinski definition) is 5. The molecule has 274 valence electrons. The molecule has 0 bridgehead atoms. The Bertz CT molecular complexity index is 1270. The lowest BCUT2D eigenvalue weighted by Gasteiger charge is -2.64. The summed E-state index contributed by atoms with van der Waals surface area (Å²) in [4.78, 5) is 12.4. The minimum absolute atomic E-state index is 0.0682. The standard InChI is InChI=1S/C38H62O10/c1-9-25(40)48-31(34(5,6)44)21-16-19(2)26-29(46-21)30(43)36(8)23-11-10-22-33(3,4)24(47-32-28(42)27(41)20(39)17-45-32)12-13-37(22)18-38(23,37)15-14-35(26,36)7/h19-24,26-32,39,41-44H,9-18H2,1-8H3/t19-,20-,21?,22+,23?,24+,26+,27+,28-,29?,30+,31+,32+,35-,36-,37-,38+/m1/s1. The number of fused-ring (bicyclic) bond motifs is 4. The second kappa shape index (κ2) is 11.3. The molecule has 0 radical (unpaired) electrons. The Morgan fingerprint density at radius 3 is 2.29 bits per heavy atom. The molecular formula is C38H62O10. The number of aliphatic hydroxyl groups excluding tert-OH is 4. The van der Waals surface area contributed by atoms with E-state index in [-0.39, 0.29) is 64.0 Å². The van der Waals surface area contributed by atoms with Crippen molar-refractivity contribution in [2.24, 2.45) is 50.7 Å². The molecule has 0 aromatic carbocycles. The Balaban J connectivity index is 1.14. The molecule has 7 fully saturated rings. The zero-order valence-corrected chi connectivity index (χ0v) is 30.4. The maximum Gasteiger partial charge on any atom is 0.305 e. The van der Waals surface area contributed by atoms with E-state index in [2.05, 4.69) is 34.6 Å². The molecule has 3 unspecified atom stereocenters. The third-order valence-corrected chi connectivity index (χ3v) is 16.1. The van der Waals surface area contributed by atoms with Crippen LogP contribution in [0.4, 0.5) is 0 Å². The minimum atomic E-state index is -1.30. The maximum absolute atomic E-state index is 12.6. The van der Waals surface area contributed by atoms with Crippen LogP contribution in [0.3, 0.4) is 0 Å². The summed E-state index contributed by atoms with van der Waals surface area (Å²) in [6.45, 7) is 16.6. The molecule has 48 heavy (non-hydrogen) atoms. The fraction of sp³-hybridized carbons (Fsp3) is 0.974. The lowest BCUT2D eigenvalue weighted by atomic mass is 9.41. The fourth-order valence-electron chi connectivity index (χ4n) is 13.7. The molecule has 10 heteroatoms. The van der Waals surface area contributed by atoms with E-state index in [0.29, 0.717) is 18.3 Å². The van der Waals surface area contributed by atoms with Gasteiger partial charge in [-0.05, 0) is 111 Å². The van der Waals surface area contributed by atoms with E-state index in [0.717, 1.165) is 38.5 Å². The monoisotopic (exact) mass is 678 g/mol. The first-order chi connectivity index (χ1) is 22.3. The summed E-state index contributed by atoms with van der Waals surface area (Å²) in [6.07, 6.45) is 0.945. The molecule has 5 N–H and O–H groups in total. The number of hydrogen-bond acceptors (Lipinski definition) is 10. The van der Waals surface area contributed by atoms with Gasteiger partial charge in [-0.3, -0.25) is 4.79 Å². The van der Waals surface area contributed by atoms with Gasteiger partial charge in [0.05, 0.1) is 36.6 Å². The Morgan fingerprint density at radius 2 is 1.62 bits per heavy atom. The van der Waals surface area contributed by atoms with Crippen LogP contribution in [0.2, 0.25) is 0 Å². The number of esters is 1. The Hall–Kier alpha value is -0.850. The van der Waals surface area contributed by atoms with Gasteiger partial charge in [0.1, 0.15) is 18.3 Å². The van der Waals surface area contributed by atoms with E-state index >= 15 is 0 Å². The highest BCUT2D eigenvalue weighted by molar-refractivity contribution is 5.69. The SMILES string of the molecule is CCC(=O)O[C@@H](C1C[C@@H](C)[C@H]2C(O1)[C@H](O)[C@@]1(C)C3CC[C@H]4C(C)(C)[C@@H](O[C@@H]5OC[C@@H](O)[C@H](O)[C@H]5O)CC[C@@]45C[C@@]35CC[C@]21C)C(C)(C)O. The molecule has 2 heterocycles. The second-order valence-corrected chi connectivity index (χ2v) is 18.8. The van der Waals surface area contributed by atoms with Crippen molar-refractivity contribution >= 4 is 5.97 Å². The molecule has 7 rings (SSSR count). The van der Waals surface area contributed by atoms with Gasteiger partial charge in [0, 0.05) is 11.8 Å². The van der Waals surface area contributed by atoms with Gasteiger partial charge in [0.25, 0.3) is 0 Å². The highest BCUT2D eigenvalue weighted by Gasteiger charge is 2.84. The van der Waals surface area contributed by atoms with Crippen molar-refractivity contribution < 1.29 is 49.3 Å². The van der Waals surface area contributed by atoms with Gasteiger partial charge in [-0.15, -0.1) is 0 Å². The molecule has 5 aliphatic carbocycles. The number of aliphatic hydroxyl groups is 5. The molecule has 2 saturated heterocycles. The Morgan fingerprint density at radius 1 is 0.958 bits per heavy atom. The summed E-state index contributed by atoms with van der Waals surface area (Å²) in [6, 6.07) is 0. The van der Waals surface area contributed by atoms with Crippen LogP contribution < -0.4 is 0 Å². The van der Waals surface area contributed by atoms with Crippen molar-refractivity contribution in [3.05, 3.63) is 0 Å². The van der Waals surface area contributed by atoms with Crippen LogP contribution >= 0.6 is 0 Å². The highest BCUT2D eigenvalue weighted by atomic mass is 16.7. The fourth-order valence-corrected chi connectivity index (χ4v) is 13.7. The van der Waals surface area contributed by atoms with Gasteiger partial charge >= 0.3 is 5.97 Å². The number of ether oxygens (including phenoxy) is 4. The van der Waals surface area contributed by atoms with E-state index in [1.165, 1.54) is 6.42 Å². The van der Waals surface area contributed by atoms with Crippen molar-refractivity contribution in [1.82, 2.24) is 0 Å². The average molecular weight is 679 g/mol. The summed E-state index contributed by atoms with van der Waals surface area (Å²) in [5, 5.41) is 54.5. The molecule has 0 amide bonds. The predicted octanol–water partition coefficient (Wildman–Crippen LogP) is 3.72. The lowest BCUT2D eigenvalue weighted by molar-refractivity contribution is -0.303. The lowest BCUT2D eigenvalue weighted by Crippen LogP contribution is -2.61. The second-order valence-electron chi connectivity index (χ2n) is 18.8. The van der Waals surface area contributed by atoms with E-state index in [1.54, 1.807) is 20.8 Å². The molecule has 17 atom stereocenters. The van der Waals surface area contributed by atoms with Crippen molar-refractivity contribution in [3.8, 4) is 0 Å². The molecular weight excluding hydrogens is 616 g/mol. The van der Waals surface area contributed by atoms with Crippen molar-refractivity contribution in [1.29, 1.82) is 0 Å². The van der Waals surface area contributed by atoms with Crippen LogP contribution in [0, 0.1) is 50.7 Å². The van der Waals surface area contributed by atoms with Crippen LogP contribution in [0.5, 0.6) is 0 Å². The van der Waals surface area contributed by atoms with Crippen LogP contribution in [0.25, 0.3) is 0 Å². The van der Waals surface area contributed by atoms with E-state index in [1.807, 2.05) is 0 Å². The van der Waals surface area contributed by atoms with Crippen LogP contribution in [0.15, 0.2) is 0 Å². The summed E-state index contributed by atoms with van der Waals surface area (Å²) in [7, 11) is 0. The Labute approximate surface area is 286 Å². The first kappa shape index (κ1) is 35.5. The first-order valence-corrected chi connectivity index (χ1v) is 18.9. The average Bonchev–Trinajstić information content (AvgIpc) is 3.65.